The van der Waals surface area contributed by atoms with Crippen LogP contribution in [0.25, 0.3) is 0 Å². The maximum Gasteiger partial charge on any atom is 0.337 e. The molecule has 1 aliphatic rings. The zero-order valence-corrected chi connectivity index (χ0v) is 19.6. The molecular weight excluding hydrogens is 432 g/mol. The fourth-order valence-corrected chi connectivity index (χ4v) is 5.46. The van der Waals surface area contributed by atoms with Gasteiger partial charge in [0.2, 0.25) is 15.9 Å². The fourth-order valence-electron chi connectivity index (χ4n) is 3.81. The van der Waals surface area contributed by atoms with Crippen molar-refractivity contribution in [1.82, 2.24) is 9.29 Å². The van der Waals surface area contributed by atoms with Gasteiger partial charge in [-0.05, 0) is 50.5 Å². The van der Waals surface area contributed by atoms with Crippen LogP contribution in [0.5, 0.6) is 5.88 Å². The molecule has 0 saturated carbocycles. The molecule has 0 spiro atoms. The molecule has 0 saturated heterocycles. The zero-order chi connectivity index (χ0) is 23.7. The number of aromatic carboxylic acids is 1. The number of aliphatic hydroxyl groups is 1. The van der Waals surface area contributed by atoms with E-state index in [1.165, 1.54) is 16.6 Å². The predicted molar refractivity (Wildman–Crippen MR) is 119 cm³/mol. The second kappa shape index (κ2) is 9.17. The SMILES string of the molecule is CCCCN([C@@H]1c2cc(C(=O)O)cnc2OC(C)(C)[C@H]1O)S(=O)(=O)c1ccc(CC)cc1. The Morgan fingerprint density at radius 2 is 1.88 bits per heavy atom. The molecule has 2 N–H and O–H groups in total. The topological polar surface area (TPSA) is 117 Å². The summed E-state index contributed by atoms with van der Waals surface area (Å²) < 4.78 is 34.6. The van der Waals surface area contributed by atoms with E-state index in [1.54, 1.807) is 38.1 Å². The molecule has 0 radical (unpaired) electrons. The van der Waals surface area contributed by atoms with Crippen LogP contribution < -0.4 is 4.74 Å². The van der Waals surface area contributed by atoms with Gasteiger partial charge in [-0.25, -0.2) is 18.2 Å². The van der Waals surface area contributed by atoms with Gasteiger partial charge in [-0.2, -0.15) is 4.31 Å². The van der Waals surface area contributed by atoms with Crippen LogP contribution in [0.3, 0.4) is 0 Å². The molecule has 0 bridgehead atoms. The summed E-state index contributed by atoms with van der Waals surface area (Å²) >= 11 is 0. The lowest BCUT2D eigenvalue weighted by atomic mass is 9.87. The number of unbranched alkanes of at least 4 members (excludes halogenated alkanes) is 1. The van der Waals surface area contributed by atoms with E-state index in [9.17, 15) is 23.4 Å². The first-order valence-corrected chi connectivity index (χ1v) is 12.2. The van der Waals surface area contributed by atoms with Crippen LogP contribution in [0.2, 0.25) is 0 Å². The van der Waals surface area contributed by atoms with E-state index in [0.29, 0.717) is 6.42 Å². The van der Waals surface area contributed by atoms with Crippen LogP contribution in [0, 0.1) is 0 Å². The van der Waals surface area contributed by atoms with Crippen LogP contribution in [0.4, 0.5) is 0 Å². The van der Waals surface area contributed by atoms with E-state index in [2.05, 4.69) is 4.98 Å². The molecule has 8 nitrogen and oxygen atoms in total. The minimum absolute atomic E-state index is 0.107. The largest absolute Gasteiger partial charge is 0.478 e. The van der Waals surface area contributed by atoms with Gasteiger partial charge >= 0.3 is 5.97 Å². The second-order valence-corrected chi connectivity index (χ2v) is 10.4. The number of aryl methyl sites for hydroxylation is 1. The number of hydrogen-bond donors (Lipinski definition) is 2. The summed E-state index contributed by atoms with van der Waals surface area (Å²) in [4.78, 5) is 15.8. The summed E-state index contributed by atoms with van der Waals surface area (Å²) in [7, 11) is -4.01. The van der Waals surface area contributed by atoms with Crippen LogP contribution in [0.15, 0.2) is 41.4 Å². The van der Waals surface area contributed by atoms with Crippen molar-refractivity contribution in [3.8, 4) is 5.88 Å². The van der Waals surface area contributed by atoms with E-state index in [0.717, 1.165) is 18.4 Å². The Morgan fingerprint density at radius 3 is 2.44 bits per heavy atom. The third-order valence-electron chi connectivity index (χ3n) is 5.80. The first kappa shape index (κ1) is 24.2. The highest BCUT2D eigenvalue weighted by atomic mass is 32.2. The van der Waals surface area contributed by atoms with Crippen molar-refractivity contribution < 1.29 is 28.2 Å². The van der Waals surface area contributed by atoms with Gasteiger partial charge in [0, 0.05) is 18.3 Å². The Kier molecular flexibility index (Phi) is 6.92. The summed E-state index contributed by atoms with van der Waals surface area (Å²) in [5, 5.41) is 20.7. The zero-order valence-electron chi connectivity index (χ0n) is 18.8. The number of sulfonamides is 1. The van der Waals surface area contributed by atoms with Crippen molar-refractivity contribution in [3.63, 3.8) is 0 Å². The molecule has 0 amide bonds. The van der Waals surface area contributed by atoms with Crippen LogP contribution >= 0.6 is 0 Å². The predicted octanol–water partition coefficient (Wildman–Crippen LogP) is 3.41. The molecule has 2 heterocycles. The van der Waals surface area contributed by atoms with Gasteiger partial charge in [0.05, 0.1) is 16.5 Å². The molecular formula is C23H30N2O6S. The minimum Gasteiger partial charge on any atom is -0.478 e. The highest BCUT2D eigenvalue weighted by molar-refractivity contribution is 7.89. The number of carbonyl (C=O) groups is 1. The molecule has 2 aromatic rings. The van der Waals surface area contributed by atoms with Gasteiger partial charge in [0.1, 0.15) is 11.7 Å². The Bertz CT molecular complexity index is 1080. The Hall–Kier alpha value is -2.49. The lowest BCUT2D eigenvalue weighted by Crippen LogP contribution is -2.55. The van der Waals surface area contributed by atoms with E-state index in [4.69, 9.17) is 4.74 Å². The first-order chi connectivity index (χ1) is 15.0. The normalized spacial score (nSPS) is 19.9. The van der Waals surface area contributed by atoms with Gasteiger partial charge < -0.3 is 14.9 Å². The first-order valence-electron chi connectivity index (χ1n) is 10.7. The highest BCUT2D eigenvalue weighted by Crippen LogP contribution is 2.44. The molecule has 0 aliphatic carbocycles. The summed E-state index contributed by atoms with van der Waals surface area (Å²) in [6.45, 7) is 7.40. The second-order valence-electron chi connectivity index (χ2n) is 8.49. The van der Waals surface area contributed by atoms with E-state index >= 15 is 0 Å². The summed E-state index contributed by atoms with van der Waals surface area (Å²) in [5.74, 6) is -1.08. The smallest absolute Gasteiger partial charge is 0.337 e. The molecule has 1 aliphatic heterocycles. The molecule has 0 unspecified atom stereocenters. The van der Waals surface area contributed by atoms with Crippen LogP contribution in [-0.4, -0.2) is 52.1 Å². The van der Waals surface area contributed by atoms with Crippen LogP contribution in [-0.2, 0) is 16.4 Å². The van der Waals surface area contributed by atoms with E-state index in [-0.39, 0.29) is 28.4 Å². The fraction of sp³-hybridized carbons (Fsp3) is 0.478. The number of ether oxygens (including phenoxy) is 1. The molecule has 174 valence electrons. The standard InChI is InChI=1S/C23H30N2O6S/c1-5-7-12-25(32(29,30)17-10-8-15(6-2)9-11-17)19-18-13-16(22(27)28)14-24-21(18)31-23(3,4)20(19)26/h8-11,13-14,19-20,26H,5-7,12H2,1-4H3,(H,27,28)/t19-,20+/m1/s1. The third-order valence-corrected chi connectivity index (χ3v) is 7.69. The average molecular weight is 463 g/mol. The molecule has 1 aromatic carbocycles. The number of carboxylic acids is 1. The van der Waals surface area contributed by atoms with Gasteiger partial charge in [-0.1, -0.05) is 32.4 Å². The number of aromatic nitrogens is 1. The lowest BCUT2D eigenvalue weighted by Gasteiger charge is -2.45. The number of carboxylic acid groups (broad SMARTS) is 1. The number of nitrogens with zero attached hydrogens (tertiary/aromatic N) is 2. The van der Waals surface area contributed by atoms with Crippen LogP contribution in [0.1, 0.15) is 68.1 Å². The molecule has 2 atom stereocenters. The molecule has 3 rings (SSSR count). The maximum atomic E-state index is 13.8. The van der Waals surface area contributed by atoms with Crippen molar-refractivity contribution in [2.24, 2.45) is 0 Å². The number of hydrogen-bond acceptors (Lipinski definition) is 6. The number of benzene rings is 1. The van der Waals surface area contributed by atoms with Crippen molar-refractivity contribution in [2.75, 3.05) is 6.54 Å². The van der Waals surface area contributed by atoms with Crippen molar-refractivity contribution in [1.29, 1.82) is 0 Å². The van der Waals surface area contributed by atoms with Gasteiger partial charge in [0.15, 0.2) is 0 Å². The summed E-state index contributed by atoms with van der Waals surface area (Å²) in [6.07, 6.45) is 2.01. The quantitative estimate of drug-likeness (QED) is 0.617. The van der Waals surface area contributed by atoms with Crippen molar-refractivity contribution in [3.05, 3.63) is 53.2 Å². The number of rotatable bonds is 8. The van der Waals surface area contributed by atoms with Gasteiger partial charge in [-0.15, -0.1) is 0 Å². The summed E-state index contributed by atoms with van der Waals surface area (Å²) in [6, 6.07) is 6.96. The number of aliphatic hydroxyl groups excluding tert-OH is 1. The van der Waals surface area contributed by atoms with Gasteiger partial charge in [-0.3, -0.25) is 0 Å². The third kappa shape index (κ3) is 4.51. The van der Waals surface area contributed by atoms with E-state index < -0.39 is 33.7 Å². The Labute approximate surface area is 188 Å². The number of pyridine rings is 1. The monoisotopic (exact) mass is 462 g/mol. The number of fused-ring (bicyclic) bond motifs is 1. The van der Waals surface area contributed by atoms with Gasteiger partial charge in [0.25, 0.3) is 0 Å². The minimum atomic E-state index is -4.01. The molecule has 1 aromatic heterocycles. The Balaban J connectivity index is 2.19. The molecule has 0 fully saturated rings. The Morgan fingerprint density at radius 1 is 1.22 bits per heavy atom. The maximum absolute atomic E-state index is 13.8. The molecule has 32 heavy (non-hydrogen) atoms. The summed E-state index contributed by atoms with van der Waals surface area (Å²) in [5.41, 5.74) is 0.00415. The van der Waals surface area contributed by atoms with Crippen molar-refractivity contribution in [2.45, 2.75) is 69.6 Å². The molecule has 9 heteroatoms. The average Bonchev–Trinajstić information content (AvgIpc) is 2.75. The van der Waals surface area contributed by atoms with E-state index in [1.807, 2.05) is 13.8 Å². The van der Waals surface area contributed by atoms with Crippen molar-refractivity contribution >= 4 is 16.0 Å². The lowest BCUT2D eigenvalue weighted by molar-refractivity contribution is -0.0819. The highest BCUT2D eigenvalue weighted by Gasteiger charge is 2.49.